The van der Waals surface area contributed by atoms with E-state index in [9.17, 15) is 9.59 Å². The van der Waals surface area contributed by atoms with E-state index in [0.717, 1.165) is 28.0 Å². The van der Waals surface area contributed by atoms with Gasteiger partial charge < -0.3 is 10.1 Å². The molecular weight excluding hydrogens is 378 g/mol. The van der Waals surface area contributed by atoms with Crippen molar-refractivity contribution in [2.24, 2.45) is 5.10 Å². The maximum absolute atomic E-state index is 12.0. The lowest BCUT2D eigenvalue weighted by atomic mass is 10.1. The van der Waals surface area contributed by atoms with Gasteiger partial charge in [0.05, 0.1) is 6.21 Å². The molecule has 0 unspecified atom stereocenters. The molecule has 3 aromatic rings. The maximum Gasteiger partial charge on any atom is 0.329 e. The van der Waals surface area contributed by atoms with Gasteiger partial charge in [-0.2, -0.15) is 5.10 Å². The third-order valence-corrected chi connectivity index (χ3v) is 4.57. The van der Waals surface area contributed by atoms with E-state index in [1.807, 2.05) is 80.6 Å². The van der Waals surface area contributed by atoms with Crippen LogP contribution in [0.4, 0.5) is 5.69 Å². The summed E-state index contributed by atoms with van der Waals surface area (Å²) in [6.45, 7) is 4.31. The minimum atomic E-state index is -0.838. The van der Waals surface area contributed by atoms with Gasteiger partial charge in [-0.15, -0.1) is 0 Å². The van der Waals surface area contributed by atoms with E-state index in [4.69, 9.17) is 4.74 Å². The highest BCUT2D eigenvalue weighted by atomic mass is 16.5. The highest BCUT2D eigenvalue weighted by molar-refractivity contribution is 6.39. The van der Waals surface area contributed by atoms with Crippen LogP contribution in [0.25, 0.3) is 0 Å². The Morgan fingerprint density at radius 1 is 0.900 bits per heavy atom. The Hall–Kier alpha value is -3.93. The van der Waals surface area contributed by atoms with E-state index >= 15 is 0 Å². The molecule has 0 saturated carbocycles. The predicted octanol–water partition coefficient (Wildman–Crippen LogP) is 3.97. The van der Waals surface area contributed by atoms with E-state index in [1.165, 1.54) is 6.21 Å². The van der Waals surface area contributed by atoms with Crippen molar-refractivity contribution in [3.63, 3.8) is 0 Å². The zero-order chi connectivity index (χ0) is 21.3. The number of nitrogens with zero attached hydrogens (tertiary/aromatic N) is 1. The normalized spacial score (nSPS) is 10.6. The van der Waals surface area contributed by atoms with Gasteiger partial charge in [0.15, 0.2) is 0 Å². The Labute approximate surface area is 175 Å². The van der Waals surface area contributed by atoms with Gasteiger partial charge in [0, 0.05) is 5.69 Å². The molecule has 0 radical (unpaired) electrons. The van der Waals surface area contributed by atoms with Crippen LogP contribution in [0.1, 0.15) is 22.3 Å². The minimum absolute atomic E-state index is 0.486. The average Bonchev–Trinajstić information content (AvgIpc) is 2.77. The van der Waals surface area contributed by atoms with E-state index in [-0.39, 0.29) is 0 Å². The molecule has 2 N–H and O–H groups in total. The van der Waals surface area contributed by atoms with Crippen LogP contribution in [0, 0.1) is 13.8 Å². The summed E-state index contributed by atoms with van der Waals surface area (Å²) >= 11 is 0. The van der Waals surface area contributed by atoms with E-state index in [0.29, 0.717) is 12.3 Å². The van der Waals surface area contributed by atoms with Gasteiger partial charge in [0.25, 0.3) is 0 Å². The molecule has 6 nitrogen and oxygen atoms in total. The molecule has 152 valence electrons. The lowest BCUT2D eigenvalue weighted by Gasteiger charge is -2.09. The summed E-state index contributed by atoms with van der Waals surface area (Å²) in [4.78, 5) is 24.0. The van der Waals surface area contributed by atoms with Crippen molar-refractivity contribution in [3.8, 4) is 5.75 Å². The van der Waals surface area contributed by atoms with Gasteiger partial charge >= 0.3 is 11.8 Å². The first-order valence-electron chi connectivity index (χ1n) is 9.50. The second-order valence-electron chi connectivity index (χ2n) is 6.74. The molecule has 0 bridgehead atoms. The number of hydrogen-bond acceptors (Lipinski definition) is 4. The summed E-state index contributed by atoms with van der Waals surface area (Å²) in [6, 6.07) is 22.7. The number of nitrogens with one attached hydrogen (secondary N) is 2. The lowest BCUT2D eigenvalue weighted by Crippen LogP contribution is -2.32. The Kier molecular flexibility index (Phi) is 6.95. The summed E-state index contributed by atoms with van der Waals surface area (Å²) in [7, 11) is 0. The largest absolute Gasteiger partial charge is 0.489 e. The molecule has 0 fully saturated rings. The van der Waals surface area contributed by atoms with Crippen LogP contribution in [0.2, 0.25) is 0 Å². The summed E-state index contributed by atoms with van der Waals surface area (Å²) in [5.41, 5.74) is 6.63. The van der Waals surface area contributed by atoms with Crippen molar-refractivity contribution in [2.45, 2.75) is 20.5 Å². The molecule has 0 heterocycles. The first kappa shape index (κ1) is 20.8. The van der Waals surface area contributed by atoms with Gasteiger partial charge in [-0.3, -0.25) is 9.59 Å². The Balaban J connectivity index is 1.49. The first-order valence-corrected chi connectivity index (χ1v) is 9.50. The van der Waals surface area contributed by atoms with E-state index in [2.05, 4.69) is 15.8 Å². The number of hydrazone groups is 1. The Morgan fingerprint density at radius 3 is 2.37 bits per heavy atom. The second kappa shape index (κ2) is 10.0. The van der Waals surface area contributed by atoms with Crippen LogP contribution in [-0.4, -0.2) is 18.0 Å². The van der Waals surface area contributed by atoms with Crippen LogP contribution in [0.15, 0.2) is 77.9 Å². The molecule has 0 spiro atoms. The highest BCUT2D eigenvalue weighted by Crippen LogP contribution is 2.17. The van der Waals surface area contributed by atoms with Crippen molar-refractivity contribution in [3.05, 3.63) is 95.1 Å². The van der Waals surface area contributed by atoms with Gasteiger partial charge in [-0.05, 0) is 66.4 Å². The van der Waals surface area contributed by atoms with Crippen molar-refractivity contribution in [1.29, 1.82) is 0 Å². The van der Waals surface area contributed by atoms with Crippen LogP contribution in [-0.2, 0) is 16.2 Å². The minimum Gasteiger partial charge on any atom is -0.489 e. The molecule has 0 saturated heterocycles. The van der Waals surface area contributed by atoms with Crippen molar-refractivity contribution < 1.29 is 14.3 Å². The molecule has 0 aliphatic heterocycles. The Morgan fingerprint density at radius 2 is 1.63 bits per heavy atom. The smallest absolute Gasteiger partial charge is 0.329 e. The second-order valence-corrected chi connectivity index (χ2v) is 6.74. The van der Waals surface area contributed by atoms with Crippen LogP contribution >= 0.6 is 0 Å². The van der Waals surface area contributed by atoms with Crippen molar-refractivity contribution in [1.82, 2.24) is 5.43 Å². The fourth-order valence-corrected chi connectivity index (χ4v) is 2.67. The van der Waals surface area contributed by atoms with Crippen LogP contribution in [0.3, 0.4) is 0 Å². The zero-order valence-electron chi connectivity index (χ0n) is 16.9. The zero-order valence-corrected chi connectivity index (χ0v) is 16.9. The van der Waals surface area contributed by atoms with Crippen LogP contribution in [0.5, 0.6) is 5.75 Å². The molecule has 0 atom stereocenters. The quantitative estimate of drug-likeness (QED) is 0.373. The fraction of sp³-hybridized carbons (Fsp3) is 0.125. The summed E-state index contributed by atoms with van der Waals surface area (Å²) in [6.07, 6.45) is 1.46. The summed E-state index contributed by atoms with van der Waals surface area (Å²) in [5, 5.41) is 6.43. The standard InChI is InChI=1S/C24H23N3O3/c1-17-7-6-10-22(18(17)2)26-23(28)24(29)27-25-15-19-11-13-21(14-12-19)30-16-20-8-4-3-5-9-20/h3-15H,16H2,1-2H3,(H,26,28)(H,27,29)/b25-15-. The molecule has 3 aromatic carbocycles. The highest BCUT2D eigenvalue weighted by Gasteiger charge is 2.14. The molecule has 0 aliphatic carbocycles. The molecule has 6 heteroatoms. The number of hydrogen-bond donors (Lipinski definition) is 2. The molecule has 2 amide bonds. The topological polar surface area (TPSA) is 79.8 Å². The van der Waals surface area contributed by atoms with Gasteiger partial charge in [-0.1, -0.05) is 42.5 Å². The number of ether oxygens (including phenoxy) is 1. The lowest BCUT2D eigenvalue weighted by molar-refractivity contribution is -0.136. The third kappa shape index (κ3) is 5.78. The third-order valence-electron chi connectivity index (χ3n) is 4.57. The molecular formula is C24H23N3O3. The number of rotatable bonds is 6. The average molecular weight is 401 g/mol. The maximum atomic E-state index is 12.0. The summed E-state index contributed by atoms with van der Waals surface area (Å²) in [5.74, 6) is -0.881. The van der Waals surface area contributed by atoms with Crippen LogP contribution < -0.4 is 15.5 Å². The number of aryl methyl sites for hydroxylation is 1. The number of carbonyl (C=O) groups is 2. The number of anilines is 1. The molecule has 30 heavy (non-hydrogen) atoms. The SMILES string of the molecule is Cc1cccc(NC(=O)C(=O)N/N=C\c2ccc(OCc3ccccc3)cc2)c1C. The monoisotopic (exact) mass is 401 g/mol. The van der Waals surface area contributed by atoms with E-state index in [1.54, 1.807) is 6.07 Å². The van der Waals surface area contributed by atoms with Gasteiger partial charge in [-0.25, -0.2) is 5.43 Å². The number of carbonyl (C=O) groups excluding carboxylic acids is 2. The van der Waals surface area contributed by atoms with Gasteiger partial charge in [0.1, 0.15) is 12.4 Å². The van der Waals surface area contributed by atoms with E-state index < -0.39 is 11.8 Å². The van der Waals surface area contributed by atoms with Gasteiger partial charge in [0.2, 0.25) is 0 Å². The molecule has 0 aromatic heterocycles. The summed E-state index contributed by atoms with van der Waals surface area (Å²) < 4.78 is 5.73. The molecule has 0 aliphatic rings. The number of amides is 2. The fourth-order valence-electron chi connectivity index (χ4n) is 2.67. The molecule has 3 rings (SSSR count). The first-order chi connectivity index (χ1) is 14.5. The Bertz CT molecular complexity index is 1050. The predicted molar refractivity (Wildman–Crippen MR) is 117 cm³/mol. The van der Waals surface area contributed by atoms with Crippen molar-refractivity contribution >= 4 is 23.7 Å². The van der Waals surface area contributed by atoms with Crippen molar-refractivity contribution in [2.75, 3.05) is 5.32 Å². The number of benzene rings is 3.